The van der Waals surface area contributed by atoms with Gasteiger partial charge in [0.2, 0.25) is 0 Å². The van der Waals surface area contributed by atoms with Gasteiger partial charge in [-0.2, -0.15) is 18.6 Å². The van der Waals surface area contributed by atoms with Gasteiger partial charge in [0.25, 0.3) is 0 Å². The second-order valence-corrected chi connectivity index (χ2v) is 3.91. The molecule has 0 atom stereocenters. The summed E-state index contributed by atoms with van der Waals surface area (Å²) in [7, 11) is 0. The maximum atomic E-state index is 3.99. The summed E-state index contributed by atoms with van der Waals surface area (Å²) < 4.78 is 0. The molecule has 2 heteroatoms. The Morgan fingerprint density at radius 3 is 1.85 bits per heavy atom. The largest absolute Gasteiger partial charge is 2.00 e. The van der Waals surface area contributed by atoms with E-state index in [-0.39, 0.29) is 40.9 Å². The van der Waals surface area contributed by atoms with Crippen LogP contribution in [0.3, 0.4) is 0 Å². The van der Waals surface area contributed by atoms with Gasteiger partial charge in [-0.1, -0.05) is 32.3 Å². The fraction of sp³-hybridized carbons (Fsp3) is 0.364. The van der Waals surface area contributed by atoms with Crippen molar-refractivity contribution in [2.75, 3.05) is 0 Å². The Hall–Kier alpha value is 0.146. The van der Waals surface area contributed by atoms with Crippen molar-refractivity contribution in [3.8, 4) is 0 Å². The first-order chi connectivity index (χ1) is 5.02. The summed E-state index contributed by atoms with van der Waals surface area (Å²) >= 11 is 0. The third-order valence-electron chi connectivity index (χ3n) is 1.83. The predicted octanol–water partition coefficient (Wildman–Crippen LogP) is -0.211. The molecule has 0 unspecified atom stereocenters. The minimum atomic E-state index is 0. The molecule has 0 spiro atoms. The van der Waals surface area contributed by atoms with Crippen LogP contribution >= 0.6 is 0 Å². The molecular formula is C11H15ClMg. The molecule has 0 heterocycles. The van der Waals surface area contributed by atoms with E-state index in [1.165, 1.54) is 5.56 Å². The van der Waals surface area contributed by atoms with Gasteiger partial charge < -0.3 is 12.4 Å². The molecule has 0 aliphatic heterocycles. The first kappa shape index (κ1) is 15.6. The Balaban J connectivity index is 0. The third-order valence-corrected chi connectivity index (χ3v) is 1.83. The fourth-order valence-electron chi connectivity index (χ4n) is 1.25. The van der Waals surface area contributed by atoms with Crippen LogP contribution in [0.4, 0.5) is 0 Å². The van der Waals surface area contributed by atoms with Crippen LogP contribution in [0.5, 0.6) is 0 Å². The molecule has 0 saturated carbocycles. The van der Waals surface area contributed by atoms with Crippen molar-refractivity contribution < 1.29 is 12.4 Å². The van der Waals surface area contributed by atoms with Gasteiger partial charge in [0.1, 0.15) is 0 Å². The number of hydrogen-bond acceptors (Lipinski definition) is 0. The molecule has 0 amide bonds. The molecule has 0 fully saturated rings. The van der Waals surface area contributed by atoms with Crippen molar-refractivity contribution in [3.05, 3.63) is 42.3 Å². The zero-order valence-electron chi connectivity index (χ0n) is 8.60. The van der Waals surface area contributed by atoms with Crippen LogP contribution in [0.2, 0.25) is 0 Å². The van der Waals surface area contributed by atoms with Gasteiger partial charge in [-0.05, 0) is 0 Å². The summed E-state index contributed by atoms with van der Waals surface area (Å²) in [6, 6.07) is 8.29. The van der Waals surface area contributed by atoms with E-state index >= 15 is 0 Å². The van der Waals surface area contributed by atoms with Gasteiger partial charge in [0.15, 0.2) is 0 Å². The molecule has 13 heavy (non-hydrogen) atoms. The topological polar surface area (TPSA) is 0 Å². The van der Waals surface area contributed by atoms with Gasteiger partial charge in [0.05, 0.1) is 0 Å². The fourth-order valence-corrected chi connectivity index (χ4v) is 1.25. The Morgan fingerprint density at radius 1 is 1.08 bits per heavy atom. The molecule has 0 aromatic heterocycles. The third kappa shape index (κ3) is 4.25. The molecule has 0 aliphatic carbocycles. The van der Waals surface area contributed by atoms with Gasteiger partial charge in [-0.25, -0.2) is 0 Å². The molecule has 0 N–H and O–H groups in total. The normalized spacial score (nSPS) is 9.77. The van der Waals surface area contributed by atoms with E-state index in [4.69, 9.17) is 0 Å². The maximum absolute atomic E-state index is 3.99. The molecule has 0 radical (unpaired) electrons. The summed E-state index contributed by atoms with van der Waals surface area (Å²) in [5.74, 6) is 0. The molecule has 68 valence electrons. The number of halogens is 1. The van der Waals surface area contributed by atoms with Crippen LogP contribution in [0.25, 0.3) is 0 Å². The molecule has 1 aromatic rings. The van der Waals surface area contributed by atoms with Gasteiger partial charge in [-0.15, -0.1) is 17.7 Å². The molecule has 1 rings (SSSR count). The predicted molar refractivity (Wildman–Crippen MR) is 55.4 cm³/mol. The smallest absolute Gasteiger partial charge is 1.00 e. The van der Waals surface area contributed by atoms with Crippen LogP contribution in [0.1, 0.15) is 31.9 Å². The van der Waals surface area contributed by atoms with E-state index in [2.05, 4.69) is 45.9 Å². The minimum absolute atomic E-state index is 0. The Bertz CT molecular complexity index is 251. The van der Waals surface area contributed by atoms with E-state index in [1.807, 2.05) is 6.07 Å². The van der Waals surface area contributed by atoms with Crippen LogP contribution in [-0.4, -0.2) is 23.1 Å². The van der Waals surface area contributed by atoms with Crippen molar-refractivity contribution in [2.45, 2.75) is 26.2 Å². The zero-order chi connectivity index (χ0) is 8.48. The number of rotatable bonds is 0. The maximum Gasteiger partial charge on any atom is 2.00 e. The van der Waals surface area contributed by atoms with Crippen molar-refractivity contribution in [2.24, 2.45) is 0 Å². The standard InChI is InChI=1S/C11H15.ClH.Mg/c1-9-7-5-6-8-10(9)11(2,3)4;;/h5-8H,1H2,2-4H3;1H;/q-1;;+2/p-1. The van der Waals surface area contributed by atoms with Gasteiger partial charge in [-0.3, -0.25) is 0 Å². The Morgan fingerprint density at radius 2 is 1.54 bits per heavy atom. The first-order valence-corrected chi connectivity index (χ1v) is 3.93. The second kappa shape index (κ2) is 5.79. The first-order valence-electron chi connectivity index (χ1n) is 3.93. The quantitative estimate of drug-likeness (QED) is 0.408. The van der Waals surface area contributed by atoms with Gasteiger partial charge >= 0.3 is 23.1 Å². The molecular weight excluding hydrogens is 192 g/mol. The van der Waals surface area contributed by atoms with Gasteiger partial charge in [0, 0.05) is 0 Å². The molecule has 0 saturated heterocycles. The van der Waals surface area contributed by atoms with E-state index in [0.29, 0.717) is 0 Å². The summed E-state index contributed by atoms with van der Waals surface area (Å²) in [6.45, 7) is 10.6. The van der Waals surface area contributed by atoms with E-state index in [1.54, 1.807) is 0 Å². The minimum Gasteiger partial charge on any atom is -1.00 e. The Labute approximate surface area is 104 Å². The van der Waals surface area contributed by atoms with Crippen LogP contribution in [0.15, 0.2) is 24.3 Å². The van der Waals surface area contributed by atoms with Crippen molar-refractivity contribution in [1.29, 1.82) is 0 Å². The van der Waals surface area contributed by atoms with Crippen molar-refractivity contribution in [3.63, 3.8) is 0 Å². The van der Waals surface area contributed by atoms with Crippen molar-refractivity contribution in [1.82, 2.24) is 0 Å². The van der Waals surface area contributed by atoms with E-state index < -0.39 is 0 Å². The summed E-state index contributed by atoms with van der Waals surface area (Å²) in [5.41, 5.74) is 2.69. The van der Waals surface area contributed by atoms with Crippen LogP contribution < -0.4 is 12.4 Å². The van der Waals surface area contributed by atoms with Crippen molar-refractivity contribution >= 4 is 23.1 Å². The molecule has 0 nitrogen and oxygen atoms in total. The number of hydrogen-bond donors (Lipinski definition) is 0. The van der Waals surface area contributed by atoms with Crippen LogP contribution in [0, 0.1) is 6.92 Å². The summed E-state index contributed by atoms with van der Waals surface area (Å²) in [4.78, 5) is 0. The number of benzene rings is 1. The summed E-state index contributed by atoms with van der Waals surface area (Å²) in [5, 5.41) is 0. The summed E-state index contributed by atoms with van der Waals surface area (Å²) in [6.07, 6.45) is 0. The average Bonchev–Trinajstić information content (AvgIpc) is 1.86. The second-order valence-electron chi connectivity index (χ2n) is 3.91. The monoisotopic (exact) mass is 206 g/mol. The van der Waals surface area contributed by atoms with Crippen LogP contribution in [-0.2, 0) is 5.41 Å². The van der Waals surface area contributed by atoms with E-state index in [0.717, 1.165) is 5.56 Å². The Kier molecular flexibility index (Phi) is 6.95. The molecule has 0 bridgehead atoms. The van der Waals surface area contributed by atoms with E-state index in [9.17, 15) is 0 Å². The molecule has 0 aliphatic rings. The SMILES string of the molecule is [CH2-]c1ccccc1C(C)(C)C.[Cl-].[Mg+2]. The molecule has 1 aromatic carbocycles. The zero-order valence-corrected chi connectivity index (χ0v) is 10.8. The average molecular weight is 207 g/mol.